The first-order chi connectivity index (χ1) is 8.22. The maximum absolute atomic E-state index is 4.33. The zero-order valence-corrected chi connectivity index (χ0v) is 10.4. The zero-order valence-electron chi connectivity index (χ0n) is 10.4. The first kappa shape index (κ1) is 11.6. The highest BCUT2D eigenvalue weighted by atomic mass is 15.2. The van der Waals surface area contributed by atoms with Gasteiger partial charge in [-0.3, -0.25) is 0 Å². The molecule has 2 aromatic rings. The van der Waals surface area contributed by atoms with Crippen LogP contribution in [0.4, 0.5) is 5.82 Å². The summed E-state index contributed by atoms with van der Waals surface area (Å²) in [5, 5.41) is 11.5. The minimum atomic E-state index is 0.424. The molecule has 0 fully saturated rings. The van der Waals surface area contributed by atoms with Gasteiger partial charge in [-0.1, -0.05) is 44.2 Å². The van der Waals surface area contributed by atoms with Crippen LogP contribution in [0.15, 0.2) is 36.4 Å². The molecule has 3 heteroatoms. The Kier molecular flexibility index (Phi) is 3.38. The number of anilines is 1. The van der Waals surface area contributed by atoms with Crippen LogP contribution in [0.5, 0.6) is 0 Å². The molecule has 2 rings (SSSR count). The fraction of sp³-hybridized carbons (Fsp3) is 0.286. The van der Waals surface area contributed by atoms with Crippen molar-refractivity contribution in [3.8, 4) is 11.3 Å². The summed E-state index contributed by atoms with van der Waals surface area (Å²) in [5.41, 5.74) is 3.31. The number of benzene rings is 1. The lowest BCUT2D eigenvalue weighted by Gasteiger charge is -2.12. The predicted molar refractivity (Wildman–Crippen MR) is 71.1 cm³/mol. The molecule has 0 unspecified atom stereocenters. The van der Waals surface area contributed by atoms with Gasteiger partial charge < -0.3 is 5.32 Å². The van der Waals surface area contributed by atoms with Gasteiger partial charge in [0.2, 0.25) is 0 Å². The summed E-state index contributed by atoms with van der Waals surface area (Å²) >= 11 is 0. The molecule has 0 aliphatic rings. The van der Waals surface area contributed by atoms with Crippen LogP contribution in [0, 0.1) is 0 Å². The Morgan fingerprint density at radius 2 is 1.76 bits per heavy atom. The van der Waals surface area contributed by atoms with Crippen LogP contribution >= 0.6 is 0 Å². The van der Waals surface area contributed by atoms with E-state index in [9.17, 15) is 0 Å². The minimum Gasteiger partial charge on any atom is -0.372 e. The van der Waals surface area contributed by atoms with Crippen LogP contribution in [0.25, 0.3) is 11.3 Å². The Bertz CT molecular complexity index is 492. The van der Waals surface area contributed by atoms with Gasteiger partial charge in [0.25, 0.3) is 0 Å². The van der Waals surface area contributed by atoms with E-state index >= 15 is 0 Å². The van der Waals surface area contributed by atoms with Gasteiger partial charge in [0, 0.05) is 12.6 Å². The lowest BCUT2D eigenvalue weighted by molar-refractivity contribution is 0.847. The molecule has 88 valence electrons. The maximum Gasteiger partial charge on any atom is 0.148 e. The second-order valence-corrected chi connectivity index (χ2v) is 4.30. The zero-order chi connectivity index (χ0) is 12.3. The van der Waals surface area contributed by atoms with Crippen molar-refractivity contribution >= 4 is 5.82 Å². The topological polar surface area (TPSA) is 37.8 Å². The van der Waals surface area contributed by atoms with Gasteiger partial charge in [-0.05, 0) is 17.5 Å². The molecular formula is C14H17N3. The van der Waals surface area contributed by atoms with Crippen LogP contribution in [-0.2, 0) is 0 Å². The highest BCUT2D eigenvalue weighted by Gasteiger charge is 2.11. The van der Waals surface area contributed by atoms with Gasteiger partial charge in [-0.2, -0.15) is 0 Å². The van der Waals surface area contributed by atoms with Crippen molar-refractivity contribution in [1.82, 2.24) is 10.2 Å². The van der Waals surface area contributed by atoms with Crippen LogP contribution < -0.4 is 5.32 Å². The van der Waals surface area contributed by atoms with E-state index in [0.29, 0.717) is 5.92 Å². The van der Waals surface area contributed by atoms with Gasteiger partial charge in [-0.25, -0.2) is 0 Å². The third-order valence-corrected chi connectivity index (χ3v) is 2.75. The van der Waals surface area contributed by atoms with Gasteiger partial charge in [-0.15, -0.1) is 10.2 Å². The first-order valence-electron chi connectivity index (χ1n) is 5.83. The van der Waals surface area contributed by atoms with E-state index < -0.39 is 0 Å². The molecule has 0 atom stereocenters. The summed E-state index contributed by atoms with van der Waals surface area (Å²) in [6.45, 7) is 4.34. The molecule has 0 saturated carbocycles. The molecule has 0 saturated heterocycles. The quantitative estimate of drug-likeness (QED) is 0.874. The Balaban J connectivity index is 2.54. The number of hydrogen-bond donors (Lipinski definition) is 1. The van der Waals surface area contributed by atoms with Gasteiger partial charge in [0.15, 0.2) is 0 Å². The van der Waals surface area contributed by atoms with E-state index in [1.165, 1.54) is 5.56 Å². The molecule has 0 aliphatic carbocycles. The van der Waals surface area contributed by atoms with Gasteiger partial charge in [0.1, 0.15) is 5.82 Å². The van der Waals surface area contributed by atoms with Crippen molar-refractivity contribution in [2.24, 2.45) is 0 Å². The highest BCUT2D eigenvalue weighted by Crippen LogP contribution is 2.27. The van der Waals surface area contributed by atoms with Crippen molar-refractivity contribution in [2.45, 2.75) is 19.8 Å². The molecule has 3 nitrogen and oxygen atoms in total. The minimum absolute atomic E-state index is 0.424. The average molecular weight is 227 g/mol. The predicted octanol–water partition coefficient (Wildman–Crippen LogP) is 3.31. The molecule has 0 aliphatic heterocycles. The van der Waals surface area contributed by atoms with E-state index in [-0.39, 0.29) is 0 Å². The third-order valence-electron chi connectivity index (χ3n) is 2.75. The van der Waals surface area contributed by atoms with Crippen LogP contribution in [0.3, 0.4) is 0 Å². The molecule has 0 amide bonds. The fourth-order valence-electron chi connectivity index (χ4n) is 1.79. The number of hydrogen-bond acceptors (Lipinski definition) is 3. The second kappa shape index (κ2) is 4.95. The first-order valence-corrected chi connectivity index (χ1v) is 5.83. The van der Waals surface area contributed by atoms with E-state index in [1.54, 1.807) is 0 Å². The molecule has 0 bridgehead atoms. The summed E-state index contributed by atoms with van der Waals surface area (Å²) in [4.78, 5) is 0. The molecule has 17 heavy (non-hydrogen) atoms. The molecule has 0 radical (unpaired) electrons. The summed E-state index contributed by atoms with van der Waals surface area (Å²) in [7, 11) is 1.86. The lowest BCUT2D eigenvalue weighted by Crippen LogP contribution is -2.02. The van der Waals surface area contributed by atoms with Crippen molar-refractivity contribution in [3.63, 3.8) is 0 Å². The number of nitrogens with zero attached hydrogens (tertiary/aromatic N) is 2. The molecule has 1 aromatic carbocycles. The molecule has 1 aromatic heterocycles. The van der Waals surface area contributed by atoms with E-state index in [2.05, 4.69) is 47.6 Å². The van der Waals surface area contributed by atoms with Crippen molar-refractivity contribution in [1.29, 1.82) is 0 Å². The number of nitrogens with one attached hydrogen (secondary N) is 1. The largest absolute Gasteiger partial charge is 0.372 e. The Morgan fingerprint density at radius 1 is 1.06 bits per heavy atom. The van der Waals surface area contributed by atoms with Crippen LogP contribution in [0.2, 0.25) is 0 Å². The van der Waals surface area contributed by atoms with Crippen LogP contribution in [-0.4, -0.2) is 17.2 Å². The number of rotatable bonds is 3. The van der Waals surface area contributed by atoms with Gasteiger partial charge in [0.05, 0.1) is 5.69 Å². The lowest BCUT2D eigenvalue weighted by atomic mass is 9.98. The van der Waals surface area contributed by atoms with E-state index in [1.807, 2.05) is 25.2 Å². The Morgan fingerprint density at radius 3 is 2.35 bits per heavy atom. The molecule has 1 heterocycles. The number of aromatic nitrogens is 2. The average Bonchev–Trinajstić information content (AvgIpc) is 2.39. The fourth-order valence-corrected chi connectivity index (χ4v) is 1.79. The Labute approximate surface area is 102 Å². The van der Waals surface area contributed by atoms with E-state index in [0.717, 1.165) is 17.1 Å². The normalized spacial score (nSPS) is 10.6. The summed E-state index contributed by atoms with van der Waals surface area (Å²) in [5.74, 6) is 1.24. The van der Waals surface area contributed by atoms with Crippen molar-refractivity contribution < 1.29 is 0 Å². The Hall–Kier alpha value is -1.90. The van der Waals surface area contributed by atoms with Gasteiger partial charge >= 0.3 is 0 Å². The summed E-state index contributed by atoms with van der Waals surface area (Å²) in [6, 6.07) is 12.2. The molecule has 0 spiro atoms. The van der Waals surface area contributed by atoms with Crippen LogP contribution in [0.1, 0.15) is 25.3 Å². The second-order valence-electron chi connectivity index (χ2n) is 4.30. The summed E-state index contributed by atoms with van der Waals surface area (Å²) in [6.07, 6.45) is 0. The highest BCUT2D eigenvalue weighted by molar-refractivity contribution is 5.64. The van der Waals surface area contributed by atoms with Crippen molar-refractivity contribution in [3.05, 3.63) is 42.0 Å². The third kappa shape index (κ3) is 2.44. The molecule has 1 N–H and O–H groups in total. The smallest absolute Gasteiger partial charge is 0.148 e. The summed E-state index contributed by atoms with van der Waals surface area (Å²) < 4.78 is 0. The van der Waals surface area contributed by atoms with E-state index in [4.69, 9.17) is 0 Å². The maximum atomic E-state index is 4.33. The SMILES string of the molecule is CNc1cc(C(C)C)c(-c2ccccc2)nn1. The van der Waals surface area contributed by atoms with Crippen molar-refractivity contribution in [2.75, 3.05) is 12.4 Å². The monoisotopic (exact) mass is 227 g/mol. The molecular weight excluding hydrogens is 210 g/mol. The standard InChI is InChI=1S/C14H17N3/c1-10(2)12-9-13(15-3)16-17-14(12)11-7-5-4-6-8-11/h4-10H,1-3H3,(H,15,16).